The fourth-order valence-corrected chi connectivity index (χ4v) is 3.79. The smallest absolute Gasteiger partial charge is 0.246 e. The van der Waals surface area contributed by atoms with E-state index in [0.717, 1.165) is 19.0 Å². The Hall–Kier alpha value is -4.07. The minimum Gasteiger partial charge on any atom is -0.457 e. The Balaban J connectivity index is 1.52. The number of carbonyl (C=O) groups excluding carboxylic acids is 1. The molecule has 0 bridgehead atoms. The summed E-state index contributed by atoms with van der Waals surface area (Å²) < 4.78 is 20.5. The number of nitrogens with one attached hydrogen (secondary N) is 2. The summed E-state index contributed by atoms with van der Waals surface area (Å²) in [6, 6.07) is 10.4. The highest BCUT2D eigenvalue weighted by atomic mass is 19.1. The van der Waals surface area contributed by atoms with Gasteiger partial charge in [0.15, 0.2) is 5.82 Å². The largest absolute Gasteiger partial charge is 0.457 e. The van der Waals surface area contributed by atoms with Crippen LogP contribution in [0.5, 0.6) is 11.5 Å². The molecule has 0 spiro atoms. The van der Waals surface area contributed by atoms with Crippen LogP contribution in [-0.2, 0) is 4.79 Å². The van der Waals surface area contributed by atoms with Gasteiger partial charge in [-0.1, -0.05) is 6.58 Å². The molecule has 33 heavy (non-hydrogen) atoms. The first kappa shape index (κ1) is 22.1. The van der Waals surface area contributed by atoms with Gasteiger partial charge in [-0.3, -0.25) is 20.2 Å². The molecule has 1 amide bonds. The molecular weight excluding hydrogens is 421 g/mol. The number of halogens is 1. The van der Waals surface area contributed by atoms with E-state index in [1.807, 2.05) is 0 Å². The van der Waals surface area contributed by atoms with E-state index in [4.69, 9.17) is 10.1 Å². The van der Waals surface area contributed by atoms with E-state index in [1.54, 1.807) is 53.7 Å². The molecule has 1 unspecified atom stereocenters. The van der Waals surface area contributed by atoms with E-state index in [9.17, 15) is 9.18 Å². The number of piperidine rings is 1. The van der Waals surface area contributed by atoms with Gasteiger partial charge in [0.2, 0.25) is 5.91 Å². The van der Waals surface area contributed by atoms with E-state index >= 15 is 0 Å². The quantitative estimate of drug-likeness (QED) is 0.415. The number of hydrogen-bond acceptors (Lipinski definition) is 6. The van der Waals surface area contributed by atoms with Gasteiger partial charge >= 0.3 is 0 Å². The maximum Gasteiger partial charge on any atom is 0.246 e. The minimum absolute atomic E-state index is 0.134. The Morgan fingerprint density at radius 2 is 1.88 bits per heavy atom. The fourth-order valence-electron chi connectivity index (χ4n) is 3.79. The number of hydrogen-bond donors (Lipinski definition) is 2. The number of carbonyl (C=O) groups is 1. The van der Waals surface area contributed by atoms with E-state index in [0.29, 0.717) is 35.7 Å². The zero-order valence-corrected chi connectivity index (χ0v) is 18.0. The van der Waals surface area contributed by atoms with Gasteiger partial charge in [0, 0.05) is 48.8 Å². The normalized spacial score (nSPS) is 15.5. The molecule has 2 aromatic heterocycles. The van der Waals surface area contributed by atoms with Crippen molar-refractivity contribution in [2.45, 2.75) is 18.9 Å². The van der Waals surface area contributed by atoms with Gasteiger partial charge in [-0.05, 0) is 55.3 Å². The van der Waals surface area contributed by atoms with Crippen molar-refractivity contribution >= 4 is 17.3 Å². The highest BCUT2D eigenvalue weighted by Gasteiger charge is 2.24. The topological polar surface area (TPSA) is 91.2 Å². The summed E-state index contributed by atoms with van der Waals surface area (Å²) in [5.74, 6) is 0.591. The number of aromatic nitrogens is 2. The molecule has 1 atom stereocenters. The second kappa shape index (κ2) is 10.0. The molecule has 3 heterocycles. The van der Waals surface area contributed by atoms with Crippen LogP contribution in [-0.4, -0.2) is 45.6 Å². The van der Waals surface area contributed by atoms with Gasteiger partial charge in [0.25, 0.3) is 0 Å². The van der Waals surface area contributed by atoms with Gasteiger partial charge in [-0.25, -0.2) is 4.39 Å². The standard InChI is InChI=1S/C25H24FN5O2/c1-2-23(32)31-13-3-4-18(16-31)30-25-21(14-29-15-22(25)26)24(27)17-5-7-19(8-6-17)33-20-9-11-28-12-10-20/h2,5-12,14-15,18,27H,1,3-4,13,16H2,(H,29,30). The molecule has 4 rings (SSSR count). The van der Waals surface area contributed by atoms with Crippen LogP contribution in [0.4, 0.5) is 10.1 Å². The molecule has 1 aliphatic heterocycles. The lowest BCUT2D eigenvalue weighted by Gasteiger charge is -2.33. The van der Waals surface area contributed by atoms with Crippen LogP contribution in [0.3, 0.4) is 0 Å². The second-order valence-electron chi connectivity index (χ2n) is 7.70. The first-order chi connectivity index (χ1) is 16.0. The van der Waals surface area contributed by atoms with Gasteiger partial charge in [-0.2, -0.15) is 0 Å². The number of anilines is 1. The molecule has 1 aromatic carbocycles. The van der Waals surface area contributed by atoms with Crippen molar-refractivity contribution in [1.29, 1.82) is 5.41 Å². The summed E-state index contributed by atoms with van der Waals surface area (Å²) >= 11 is 0. The molecule has 1 saturated heterocycles. The molecular formula is C25H24FN5O2. The lowest BCUT2D eigenvalue weighted by Crippen LogP contribution is -2.44. The molecule has 1 fully saturated rings. The monoisotopic (exact) mass is 445 g/mol. The molecule has 2 N–H and O–H groups in total. The molecule has 8 heteroatoms. The predicted octanol–water partition coefficient (Wildman–Crippen LogP) is 4.41. The number of rotatable bonds is 7. The number of amides is 1. The Morgan fingerprint density at radius 3 is 2.61 bits per heavy atom. The van der Waals surface area contributed by atoms with Gasteiger partial charge in [-0.15, -0.1) is 0 Å². The van der Waals surface area contributed by atoms with Crippen molar-refractivity contribution in [3.05, 3.63) is 90.8 Å². The zero-order valence-electron chi connectivity index (χ0n) is 18.0. The Morgan fingerprint density at radius 1 is 1.15 bits per heavy atom. The van der Waals surface area contributed by atoms with Crippen LogP contribution in [0.25, 0.3) is 0 Å². The molecule has 0 saturated carbocycles. The van der Waals surface area contributed by atoms with E-state index in [-0.39, 0.29) is 23.3 Å². The lowest BCUT2D eigenvalue weighted by atomic mass is 10.0. The summed E-state index contributed by atoms with van der Waals surface area (Å²) in [6.07, 6.45) is 8.77. The van der Waals surface area contributed by atoms with E-state index in [2.05, 4.69) is 21.9 Å². The molecule has 0 aliphatic carbocycles. The molecule has 1 aliphatic rings. The van der Waals surface area contributed by atoms with Gasteiger partial charge in [0.05, 0.1) is 17.6 Å². The maximum atomic E-state index is 14.8. The molecule has 168 valence electrons. The SMILES string of the molecule is C=CC(=O)N1CCCC(Nc2c(F)cncc2C(=N)c2ccc(Oc3ccncc3)cc2)C1. The number of ether oxygens (including phenoxy) is 1. The van der Waals surface area contributed by atoms with Gasteiger partial charge < -0.3 is 15.0 Å². The van der Waals surface area contributed by atoms with E-state index < -0.39 is 5.82 Å². The van der Waals surface area contributed by atoms with Crippen LogP contribution < -0.4 is 10.1 Å². The van der Waals surface area contributed by atoms with Crippen LogP contribution >= 0.6 is 0 Å². The minimum atomic E-state index is -0.540. The van der Waals surface area contributed by atoms with Crippen molar-refractivity contribution in [3.63, 3.8) is 0 Å². The number of nitrogens with zero attached hydrogens (tertiary/aromatic N) is 3. The first-order valence-corrected chi connectivity index (χ1v) is 10.6. The number of likely N-dealkylation sites (tertiary alicyclic amines) is 1. The lowest BCUT2D eigenvalue weighted by molar-refractivity contribution is -0.127. The zero-order chi connectivity index (χ0) is 23.2. The summed E-state index contributed by atoms with van der Waals surface area (Å²) in [6.45, 7) is 4.64. The first-order valence-electron chi connectivity index (χ1n) is 10.6. The molecule has 7 nitrogen and oxygen atoms in total. The third-order valence-corrected chi connectivity index (χ3v) is 5.45. The second-order valence-corrected chi connectivity index (χ2v) is 7.70. The summed E-state index contributed by atoms with van der Waals surface area (Å²) in [4.78, 5) is 21.6. The van der Waals surface area contributed by atoms with Crippen LogP contribution in [0, 0.1) is 11.2 Å². The number of pyridine rings is 2. The van der Waals surface area contributed by atoms with Crippen LogP contribution in [0.1, 0.15) is 24.0 Å². The maximum absolute atomic E-state index is 14.8. The highest BCUT2D eigenvalue weighted by Crippen LogP contribution is 2.26. The van der Waals surface area contributed by atoms with Crippen molar-refractivity contribution in [3.8, 4) is 11.5 Å². The van der Waals surface area contributed by atoms with Crippen molar-refractivity contribution < 1.29 is 13.9 Å². The van der Waals surface area contributed by atoms with Crippen molar-refractivity contribution in [2.75, 3.05) is 18.4 Å². The third kappa shape index (κ3) is 5.23. The molecule has 3 aromatic rings. The summed E-state index contributed by atoms with van der Waals surface area (Å²) in [7, 11) is 0. The third-order valence-electron chi connectivity index (χ3n) is 5.45. The van der Waals surface area contributed by atoms with Crippen LogP contribution in [0.15, 0.2) is 73.8 Å². The average molecular weight is 445 g/mol. The summed E-state index contributed by atoms with van der Waals surface area (Å²) in [5.41, 5.74) is 1.30. The van der Waals surface area contributed by atoms with Gasteiger partial charge in [0.1, 0.15) is 11.5 Å². The van der Waals surface area contributed by atoms with Crippen molar-refractivity contribution in [2.24, 2.45) is 0 Å². The molecule has 0 radical (unpaired) electrons. The number of benzene rings is 1. The van der Waals surface area contributed by atoms with Crippen LogP contribution in [0.2, 0.25) is 0 Å². The average Bonchev–Trinajstić information content (AvgIpc) is 2.85. The summed E-state index contributed by atoms with van der Waals surface area (Å²) in [5, 5.41) is 11.9. The predicted molar refractivity (Wildman–Crippen MR) is 124 cm³/mol. The van der Waals surface area contributed by atoms with Crippen molar-refractivity contribution in [1.82, 2.24) is 14.9 Å². The Bertz CT molecular complexity index is 1150. The fraction of sp³-hybridized carbons (Fsp3) is 0.200. The Kier molecular flexibility index (Phi) is 6.73. The highest BCUT2D eigenvalue weighted by molar-refractivity contribution is 6.14. The van der Waals surface area contributed by atoms with E-state index in [1.165, 1.54) is 12.3 Å². The Labute approximate surface area is 191 Å².